The maximum Gasteiger partial charge on any atom is 0.258 e. The molecule has 47 heavy (non-hydrogen) atoms. The molecule has 0 spiro atoms. The van der Waals surface area contributed by atoms with Crippen LogP contribution in [0.15, 0.2) is 54.9 Å². The van der Waals surface area contributed by atoms with Gasteiger partial charge < -0.3 is 28.7 Å². The monoisotopic (exact) mass is 678 g/mol. The van der Waals surface area contributed by atoms with E-state index in [2.05, 4.69) is 41.5 Å². The molecule has 5 aromatic rings. The molecule has 0 unspecified atom stereocenters. The molecule has 3 aromatic carbocycles. The van der Waals surface area contributed by atoms with Gasteiger partial charge in [0.15, 0.2) is 0 Å². The average Bonchev–Trinajstić information content (AvgIpc) is 3.35. The number of aromatic nitrogens is 2. The van der Waals surface area contributed by atoms with Crippen molar-refractivity contribution in [2.75, 3.05) is 14.2 Å². The number of methoxy groups -OCH3 is 2. The summed E-state index contributed by atoms with van der Waals surface area (Å²) in [5.41, 5.74) is 4.73. The third-order valence-electron chi connectivity index (χ3n) is 9.38. The van der Waals surface area contributed by atoms with Crippen LogP contribution in [0.3, 0.4) is 0 Å². The normalized spacial score (nSPS) is 12.2. The zero-order valence-electron chi connectivity index (χ0n) is 28.3. The van der Waals surface area contributed by atoms with E-state index >= 15 is 0 Å². The number of rotatable bonds is 12. The molecule has 0 atom stereocenters. The molecule has 0 fully saturated rings. The van der Waals surface area contributed by atoms with Crippen molar-refractivity contribution in [1.82, 2.24) is 9.55 Å². The average molecular weight is 679 g/mol. The Hall–Kier alpha value is -3.79. The summed E-state index contributed by atoms with van der Waals surface area (Å²) in [6.07, 6.45) is 4.16. The van der Waals surface area contributed by atoms with Crippen molar-refractivity contribution in [2.45, 2.75) is 77.7 Å². The Morgan fingerprint density at radius 2 is 1.55 bits per heavy atom. The fourth-order valence-corrected chi connectivity index (χ4v) is 12.7. The number of nitrogens with zero attached hydrogens (tertiary/aromatic N) is 2. The Morgan fingerprint density at radius 1 is 0.872 bits per heavy atom. The van der Waals surface area contributed by atoms with Crippen LogP contribution in [0.5, 0.6) is 23.1 Å². The molecule has 0 aliphatic rings. The van der Waals surface area contributed by atoms with E-state index in [1.54, 1.807) is 43.2 Å². The minimum absolute atomic E-state index is 0.0366. The second-order valence-electron chi connectivity index (χ2n) is 13.1. The van der Waals surface area contributed by atoms with E-state index in [9.17, 15) is 14.6 Å². The maximum atomic E-state index is 13.9. The molecular weight excluding hydrogens is 635 g/mol. The highest BCUT2D eigenvalue weighted by molar-refractivity contribution is 6.78. The molecule has 0 amide bonds. The lowest BCUT2D eigenvalue weighted by molar-refractivity contribution is 0.281. The van der Waals surface area contributed by atoms with E-state index in [1.807, 2.05) is 24.4 Å². The van der Waals surface area contributed by atoms with Gasteiger partial charge in [0.25, 0.3) is 8.32 Å². The molecule has 5 rings (SSSR count). The van der Waals surface area contributed by atoms with E-state index < -0.39 is 14.1 Å². The second kappa shape index (κ2) is 13.7. The fourth-order valence-electron chi connectivity index (χ4n) is 7.22. The molecule has 2 heterocycles. The third-order valence-corrected chi connectivity index (χ3v) is 15.6. The summed E-state index contributed by atoms with van der Waals surface area (Å²) in [7, 11) is 0.676. The molecule has 0 bridgehead atoms. The Bertz CT molecular complexity index is 1900. The summed E-state index contributed by atoms with van der Waals surface area (Å²) >= 11 is 6.09. The van der Waals surface area contributed by atoms with Crippen LogP contribution < -0.4 is 13.9 Å². The lowest BCUT2D eigenvalue weighted by atomic mass is 10.0. The molecule has 250 valence electrons. The molecule has 2 aromatic heterocycles. The predicted molar refractivity (Wildman–Crippen MR) is 189 cm³/mol. The van der Waals surface area contributed by atoms with Crippen LogP contribution in [0.1, 0.15) is 63.8 Å². The number of fused-ring (bicyclic) bond motifs is 2. The van der Waals surface area contributed by atoms with Gasteiger partial charge in [-0.1, -0.05) is 71.3 Å². The van der Waals surface area contributed by atoms with Crippen molar-refractivity contribution in [1.29, 1.82) is 0 Å². The topological polar surface area (TPSA) is 86.0 Å². The van der Waals surface area contributed by atoms with E-state index in [0.29, 0.717) is 46.5 Å². The number of pyridine rings is 1. The van der Waals surface area contributed by atoms with E-state index in [0.717, 1.165) is 27.6 Å². The van der Waals surface area contributed by atoms with Crippen LogP contribution in [-0.4, -0.2) is 42.3 Å². The van der Waals surface area contributed by atoms with Gasteiger partial charge in [0, 0.05) is 28.7 Å². The molecular formula is C37H44ClFN2O5Si. The van der Waals surface area contributed by atoms with Crippen molar-refractivity contribution in [3.63, 3.8) is 0 Å². The number of hydrogen-bond donors (Lipinski definition) is 2. The number of halogens is 2. The van der Waals surface area contributed by atoms with E-state index in [1.165, 1.54) is 6.07 Å². The van der Waals surface area contributed by atoms with Gasteiger partial charge in [-0.3, -0.25) is 4.98 Å². The number of aromatic hydroxyl groups is 1. The zero-order chi connectivity index (χ0) is 34.2. The van der Waals surface area contributed by atoms with Gasteiger partial charge in [-0.15, -0.1) is 0 Å². The fraction of sp³-hybridized carbons (Fsp3) is 0.378. The van der Waals surface area contributed by atoms with Crippen LogP contribution in [0.25, 0.3) is 21.7 Å². The summed E-state index contributed by atoms with van der Waals surface area (Å²) in [6.45, 7) is 13.5. The van der Waals surface area contributed by atoms with Crippen LogP contribution in [0.2, 0.25) is 21.6 Å². The SMILES string of the molecule is COc1cc(CO)ccc1Cn1cc2c(OC)c3cc(Cc4ccc(F)c(Cl)c4)cnc3c(O[Si](C(C)C)(C(C)C)C(C)C)c2c1O. The van der Waals surface area contributed by atoms with Gasteiger partial charge in [-0.25, -0.2) is 4.39 Å². The third kappa shape index (κ3) is 6.28. The summed E-state index contributed by atoms with van der Waals surface area (Å²) in [4.78, 5) is 4.97. The Morgan fingerprint density at radius 3 is 2.15 bits per heavy atom. The predicted octanol–water partition coefficient (Wildman–Crippen LogP) is 9.39. The Labute approximate surface area is 282 Å². The molecule has 0 saturated carbocycles. The van der Waals surface area contributed by atoms with E-state index in [4.69, 9.17) is 30.5 Å². The minimum atomic E-state index is -2.52. The quantitative estimate of drug-likeness (QED) is 0.128. The molecule has 7 nitrogen and oxygen atoms in total. The first-order chi connectivity index (χ1) is 22.4. The first kappa shape index (κ1) is 34.5. The highest BCUT2D eigenvalue weighted by Crippen LogP contribution is 2.51. The van der Waals surface area contributed by atoms with Gasteiger partial charge in [0.1, 0.15) is 28.6 Å². The molecule has 0 saturated heterocycles. The van der Waals surface area contributed by atoms with Crippen molar-refractivity contribution >= 4 is 41.6 Å². The molecule has 0 aliphatic carbocycles. The smallest absolute Gasteiger partial charge is 0.258 e. The van der Waals surface area contributed by atoms with Gasteiger partial charge in [0.05, 0.1) is 37.8 Å². The molecule has 0 aliphatic heterocycles. The minimum Gasteiger partial charge on any atom is -0.541 e. The van der Waals surface area contributed by atoms with Gasteiger partial charge in [0.2, 0.25) is 5.88 Å². The first-order valence-electron chi connectivity index (χ1n) is 16.0. The van der Waals surface area contributed by atoms with Crippen molar-refractivity contribution in [3.05, 3.63) is 88.0 Å². The first-order valence-corrected chi connectivity index (χ1v) is 18.5. The van der Waals surface area contributed by atoms with Gasteiger partial charge in [-0.05, 0) is 64.0 Å². The second-order valence-corrected chi connectivity index (χ2v) is 18.9. The summed E-state index contributed by atoms with van der Waals surface area (Å²) in [6, 6.07) is 12.3. The molecule has 0 radical (unpaired) electrons. The van der Waals surface area contributed by atoms with Crippen molar-refractivity contribution < 1.29 is 28.5 Å². The van der Waals surface area contributed by atoms with E-state index in [-0.39, 0.29) is 34.1 Å². The standard InChI is InChI=1S/C37H44ClFN2O5Si/c1-21(2)47(22(3)4,23(5)6)46-36-33-29(19-41(37(33)43)18-27-11-9-25(20-42)16-32(27)44-7)35(45-8)28-14-26(17-40-34(28)36)13-24-10-12-31(39)30(38)15-24/h9-12,14-17,19,21-23,42-43H,13,18,20H2,1-8H3. The number of ether oxygens (including phenoxy) is 2. The molecule has 2 N–H and O–H groups in total. The molecule has 10 heteroatoms. The van der Waals surface area contributed by atoms with Crippen LogP contribution >= 0.6 is 11.6 Å². The van der Waals surface area contributed by atoms with Crippen molar-refractivity contribution in [3.8, 4) is 23.1 Å². The highest BCUT2D eigenvalue weighted by atomic mass is 35.5. The van der Waals surface area contributed by atoms with Crippen LogP contribution in [-0.2, 0) is 19.6 Å². The lowest BCUT2D eigenvalue weighted by Crippen LogP contribution is -2.50. The van der Waals surface area contributed by atoms with Crippen LogP contribution in [0.4, 0.5) is 4.39 Å². The maximum absolute atomic E-state index is 13.9. The number of hydrogen-bond acceptors (Lipinski definition) is 6. The van der Waals surface area contributed by atoms with Gasteiger partial charge in [-0.2, -0.15) is 0 Å². The summed E-state index contributed by atoms with van der Waals surface area (Å²) in [5.74, 6) is 1.30. The highest BCUT2D eigenvalue weighted by Gasteiger charge is 2.48. The number of benzene rings is 3. The number of aliphatic hydroxyl groups excluding tert-OH is 1. The van der Waals surface area contributed by atoms with Gasteiger partial charge >= 0.3 is 0 Å². The van der Waals surface area contributed by atoms with Crippen molar-refractivity contribution in [2.24, 2.45) is 0 Å². The van der Waals surface area contributed by atoms with Crippen LogP contribution in [0, 0.1) is 5.82 Å². The lowest BCUT2D eigenvalue weighted by Gasteiger charge is -2.42. The zero-order valence-corrected chi connectivity index (χ0v) is 30.1. The summed E-state index contributed by atoms with van der Waals surface area (Å²) in [5, 5.41) is 23.7. The Kier molecular flexibility index (Phi) is 10.1. The number of aliphatic hydroxyl groups is 1. The Balaban J connectivity index is 1.78. The summed E-state index contributed by atoms with van der Waals surface area (Å²) < 4.78 is 34.7. The largest absolute Gasteiger partial charge is 0.541 e.